The third-order valence-corrected chi connectivity index (χ3v) is 3.17. The lowest BCUT2D eigenvalue weighted by Gasteiger charge is -2.14. The zero-order valence-corrected chi connectivity index (χ0v) is 12.6. The standard InChI is InChI=1S/C16H22N4/c1-5-12(3)17-15-10-16(19-13(4)18-15)20-14-8-6-11(2)7-9-14/h6-10,12H,5H2,1-4H3,(H2,17,18,19,20). The molecule has 2 rings (SSSR count). The number of anilines is 3. The fraction of sp³-hybridized carbons (Fsp3) is 0.375. The van der Waals surface area contributed by atoms with Gasteiger partial charge in [-0.25, -0.2) is 9.97 Å². The molecule has 106 valence electrons. The van der Waals surface area contributed by atoms with E-state index in [0.717, 1.165) is 29.6 Å². The van der Waals surface area contributed by atoms with Crippen LogP contribution in [0.15, 0.2) is 30.3 Å². The fourth-order valence-electron chi connectivity index (χ4n) is 1.84. The Balaban J connectivity index is 2.17. The van der Waals surface area contributed by atoms with Gasteiger partial charge in [-0.2, -0.15) is 0 Å². The summed E-state index contributed by atoms with van der Waals surface area (Å²) in [5, 5.41) is 6.69. The van der Waals surface area contributed by atoms with Gasteiger partial charge < -0.3 is 10.6 Å². The zero-order chi connectivity index (χ0) is 14.5. The molecule has 4 nitrogen and oxygen atoms in total. The van der Waals surface area contributed by atoms with Crippen molar-refractivity contribution in [3.63, 3.8) is 0 Å². The van der Waals surface area contributed by atoms with E-state index in [4.69, 9.17) is 0 Å². The van der Waals surface area contributed by atoms with E-state index in [-0.39, 0.29) is 0 Å². The van der Waals surface area contributed by atoms with E-state index in [1.807, 2.05) is 13.0 Å². The Morgan fingerprint density at radius 3 is 2.35 bits per heavy atom. The van der Waals surface area contributed by atoms with Gasteiger partial charge in [-0.15, -0.1) is 0 Å². The molecule has 0 aliphatic carbocycles. The Bertz CT molecular complexity index is 563. The van der Waals surface area contributed by atoms with Crippen LogP contribution in [0.1, 0.15) is 31.7 Å². The van der Waals surface area contributed by atoms with Crippen LogP contribution in [0.25, 0.3) is 0 Å². The maximum atomic E-state index is 4.42. The maximum Gasteiger partial charge on any atom is 0.136 e. The number of benzene rings is 1. The van der Waals surface area contributed by atoms with Crippen molar-refractivity contribution < 1.29 is 0 Å². The predicted molar refractivity (Wildman–Crippen MR) is 84.6 cm³/mol. The molecule has 0 aliphatic rings. The van der Waals surface area contributed by atoms with Crippen molar-refractivity contribution in [1.82, 2.24) is 9.97 Å². The third-order valence-electron chi connectivity index (χ3n) is 3.17. The van der Waals surface area contributed by atoms with Crippen LogP contribution in [0, 0.1) is 13.8 Å². The monoisotopic (exact) mass is 270 g/mol. The topological polar surface area (TPSA) is 49.8 Å². The lowest BCUT2D eigenvalue weighted by molar-refractivity contribution is 0.757. The first-order chi connectivity index (χ1) is 9.56. The Kier molecular flexibility index (Phi) is 4.56. The lowest BCUT2D eigenvalue weighted by atomic mass is 10.2. The summed E-state index contributed by atoms with van der Waals surface area (Å²) >= 11 is 0. The molecule has 4 heteroatoms. The number of nitrogens with one attached hydrogen (secondary N) is 2. The Labute approximate surface area is 120 Å². The van der Waals surface area contributed by atoms with Crippen molar-refractivity contribution in [2.24, 2.45) is 0 Å². The predicted octanol–water partition coefficient (Wildman–Crippen LogP) is 4.05. The van der Waals surface area contributed by atoms with Crippen LogP contribution >= 0.6 is 0 Å². The minimum absolute atomic E-state index is 0.400. The van der Waals surface area contributed by atoms with Gasteiger partial charge in [-0.1, -0.05) is 24.6 Å². The Morgan fingerprint density at radius 2 is 1.70 bits per heavy atom. The van der Waals surface area contributed by atoms with E-state index < -0.39 is 0 Å². The van der Waals surface area contributed by atoms with Crippen molar-refractivity contribution >= 4 is 17.3 Å². The molecule has 20 heavy (non-hydrogen) atoms. The summed E-state index contributed by atoms with van der Waals surface area (Å²) in [6.07, 6.45) is 1.06. The number of hydrogen-bond donors (Lipinski definition) is 2. The van der Waals surface area contributed by atoms with Gasteiger partial charge in [0.2, 0.25) is 0 Å². The van der Waals surface area contributed by atoms with E-state index in [0.29, 0.717) is 6.04 Å². The molecule has 0 fully saturated rings. The molecule has 0 saturated carbocycles. The van der Waals surface area contributed by atoms with E-state index in [1.165, 1.54) is 5.56 Å². The summed E-state index contributed by atoms with van der Waals surface area (Å²) in [5.41, 5.74) is 2.27. The largest absolute Gasteiger partial charge is 0.367 e. The summed E-state index contributed by atoms with van der Waals surface area (Å²) in [6.45, 7) is 8.27. The number of aromatic nitrogens is 2. The molecule has 1 aromatic carbocycles. The second kappa shape index (κ2) is 6.37. The number of hydrogen-bond acceptors (Lipinski definition) is 4. The highest BCUT2D eigenvalue weighted by atomic mass is 15.1. The highest BCUT2D eigenvalue weighted by Gasteiger charge is 2.05. The second-order valence-corrected chi connectivity index (χ2v) is 5.13. The van der Waals surface area contributed by atoms with Crippen molar-refractivity contribution in [3.05, 3.63) is 41.7 Å². The minimum atomic E-state index is 0.400. The summed E-state index contributed by atoms with van der Waals surface area (Å²) in [7, 11) is 0. The van der Waals surface area contributed by atoms with E-state index in [9.17, 15) is 0 Å². The first kappa shape index (κ1) is 14.3. The average molecular weight is 270 g/mol. The van der Waals surface area contributed by atoms with Crippen molar-refractivity contribution in [2.45, 2.75) is 40.2 Å². The molecule has 0 saturated heterocycles. The summed E-state index contributed by atoms with van der Waals surface area (Å²) in [5.74, 6) is 2.43. The van der Waals surface area contributed by atoms with Crippen molar-refractivity contribution in [3.8, 4) is 0 Å². The molecule has 1 atom stereocenters. The quantitative estimate of drug-likeness (QED) is 0.860. The molecule has 2 N–H and O–H groups in total. The van der Waals surface area contributed by atoms with Crippen LogP contribution in [-0.2, 0) is 0 Å². The lowest BCUT2D eigenvalue weighted by Crippen LogP contribution is -2.15. The van der Waals surface area contributed by atoms with Crippen LogP contribution in [0.4, 0.5) is 17.3 Å². The van der Waals surface area contributed by atoms with Gasteiger partial charge in [-0.05, 0) is 39.3 Å². The van der Waals surface area contributed by atoms with Gasteiger partial charge in [0.1, 0.15) is 17.5 Å². The molecule has 0 bridgehead atoms. The third kappa shape index (κ3) is 3.95. The van der Waals surface area contributed by atoms with Gasteiger partial charge in [0, 0.05) is 17.8 Å². The summed E-state index contributed by atoms with van der Waals surface area (Å²) in [6, 6.07) is 10.6. The molecule has 2 aromatic rings. The smallest absolute Gasteiger partial charge is 0.136 e. The van der Waals surface area contributed by atoms with Gasteiger partial charge in [0.05, 0.1) is 0 Å². The van der Waals surface area contributed by atoms with E-state index in [2.05, 4.69) is 65.6 Å². The van der Waals surface area contributed by atoms with Gasteiger partial charge in [-0.3, -0.25) is 0 Å². The molecule has 0 radical (unpaired) electrons. The minimum Gasteiger partial charge on any atom is -0.367 e. The fourth-order valence-corrected chi connectivity index (χ4v) is 1.84. The van der Waals surface area contributed by atoms with Gasteiger partial charge in [0.25, 0.3) is 0 Å². The zero-order valence-electron chi connectivity index (χ0n) is 12.6. The van der Waals surface area contributed by atoms with Crippen LogP contribution in [0.5, 0.6) is 0 Å². The van der Waals surface area contributed by atoms with Crippen LogP contribution < -0.4 is 10.6 Å². The maximum absolute atomic E-state index is 4.42. The molecule has 0 amide bonds. The van der Waals surface area contributed by atoms with Crippen LogP contribution in [0.2, 0.25) is 0 Å². The molecule has 1 heterocycles. The normalized spacial score (nSPS) is 12.0. The highest BCUT2D eigenvalue weighted by Crippen LogP contribution is 2.18. The average Bonchev–Trinajstić information content (AvgIpc) is 2.40. The van der Waals surface area contributed by atoms with Crippen molar-refractivity contribution in [2.75, 3.05) is 10.6 Å². The van der Waals surface area contributed by atoms with E-state index >= 15 is 0 Å². The summed E-state index contributed by atoms with van der Waals surface area (Å²) in [4.78, 5) is 8.84. The number of aryl methyl sites for hydroxylation is 2. The molecule has 0 aliphatic heterocycles. The highest BCUT2D eigenvalue weighted by molar-refractivity contribution is 5.59. The molecule has 1 aromatic heterocycles. The molecule has 1 unspecified atom stereocenters. The number of nitrogens with zero attached hydrogens (tertiary/aromatic N) is 2. The Hall–Kier alpha value is -2.10. The van der Waals surface area contributed by atoms with Crippen LogP contribution in [-0.4, -0.2) is 16.0 Å². The number of rotatable bonds is 5. The Morgan fingerprint density at radius 1 is 1.05 bits per heavy atom. The first-order valence-electron chi connectivity index (χ1n) is 7.02. The molecule has 0 spiro atoms. The van der Waals surface area contributed by atoms with Crippen LogP contribution in [0.3, 0.4) is 0 Å². The second-order valence-electron chi connectivity index (χ2n) is 5.13. The molecular formula is C16H22N4. The van der Waals surface area contributed by atoms with Gasteiger partial charge >= 0.3 is 0 Å². The summed E-state index contributed by atoms with van der Waals surface area (Å²) < 4.78 is 0. The first-order valence-corrected chi connectivity index (χ1v) is 7.02. The van der Waals surface area contributed by atoms with Crippen molar-refractivity contribution in [1.29, 1.82) is 0 Å². The van der Waals surface area contributed by atoms with Gasteiger partial charge in [0.15, 0.2) is 0 Å². The SMILES string of the molecule is CCC(C)Nc1cc(Nc2ccc(C)cc2)nc(C)n1. The van der Waals surface area contributed by atoms with E-state index in [1.54, 1.807) is 0 Å². The molecular weight excluding hydrogens is 248 g/mol.